The number of alkyl halides is 5. The van der Waals surface area contributed by atoms with Crippen molar-refractivity contribution in [3.05, 3.63) is 37.8 Å². The van der Waals surface area contributed by atoms with Gasteiger partial charge in [-0.2, -0.15) is 22.0 Å². The molecule has 10 heteroatoms. The van der Waals surface area contributed by atoms with E-state index in [0.29, 0.717) is 0 Å². The fourth-order valence-electron chi connectivity index (χ4n) is 1.42. The van der Waals surface area contributed by atoms with Crippen LogP contribution in [-0.4, -0.2) is 16.1 Å². The highest BCUT2D eigenvalue weighted by Gasteiger charge is 2.61. The summed E-state index contributed by atoms with van der Waals surface area (Å²) in [5.74, 6) is -7.04. The smallest absolute Gasteiger partial charge is 0.305 e. The van der Waals surface area contributed by atoms with E-state index in [0.717, 1.165) is 6.07 Å². The summed E-state index contributed by atoms with van der Waals surface area (Å²) in [5.41, 5.74) is -1.48. The van der Waals surface area contributed by atoms with Crippen molar-refractivity contribution in [1.82, 2.24) is 9.97 Å². The summed E-state index contributed by atoms with van der Waals surface area (Å²) < 4.78 is 63.3. The quantitative estimate of drug-likeness (QED) is 0.764. The summed E-state index contributed by atoms with van der Waals surface area (Å²) in [6, 6.07) is 2.20. The molecule has 0 radical (unpaired) electrons. The highest BCUT2D eigenvalue weighted by atomic mass is 79.9. The Morgan fingerprint density at radius 2 is 1.80 bits per heavy atom. The Morgan fingerprint density at radius 1 is 1.20 bits per heavy atom. The number of nitrogens with one attached hydrogen (secondary N) is 1. The SMILES string of the molecule is O=c1[nH]c(C(F)(F)C(F)(F)F)nc2cc(Cl)c(Br)cc12. The summed E-state index contributed by atoms with van der Waals surface area (Å²) in [7, 11) is 0. The van der Waals surface area contributed by atoms with E-state index in [-0.39, 0.29) is 20.4 Å². The molecular formula is C10H3BrClF5N2O. The van der Waals surface area contributed by atoms with Gasteiger partial charge in [0.1, 0.15) is 0 Å². The standard InChI is InChI=1S/C10H3BrClF5N2O/c11-4-1-3-6(2-5(4)12)18-8(19-7(3)20)9(13,14)10(15,16)17/h1-2H,(H,18,19,20). The first kappa shape index (κ1) is 15.2. The largest absolute Gasteiger partial charge is 0.461 e. The van der Waals surface area contributed by atoms with Crippen LogP contribution < -0.4 is 5.56 Å². The molecule has 1 heterocycles. The zero-order valence-electron chi connectivity index (χ0n) is 9.16. The molecule has 0 aliphatic heterocycles. The summed E-state index contributed by atoms with van der Waals surface area (Å²) in [6.07, 6.45) is -5.87. The fourth-order valence-corrected chi connectivity index (χ4v) is 1.92. The second-order valence-electron chi connectivity index (χ2n) is 3.77. The van der Waals surface area contributed by atoms with E-state index in [1.807, 2.05) is 0 Å². The van der Waals surface area contributed by atoms with Crippen LogP contribution in [0.15, 0.2) is 21.4 Å². The Labute approximate surface area is 120 Å². The number of halogens is 7. The molecule has 2 aromatic rings. The van der Waals surface area contributed by atoms with Crippen molar-refractivity contribution in [3.63, 3.8) is 0 Å². The highest BCUT2D eigenvalue weighted by Crippen LogP contribution is 2.42. The zero-order chi connectivity index (χ0) is 15.3. The van der Waals surface area contributed by atoms with Crippen molar-refractivity contribution in [1.29, 1.82) is 0 Å². The van der Waals surface area contributed by atoms with Crippen LogP contribution >= 0.6 is 27.5 Å². The Bertz CT molecular complexity index is 743. The minimum absolute atomic E-state index is 0.0249. The van der Waals surface area contributed by atoms with Crippen molar-refractivity contribution in [2.75, 3.05) is 0 Å². The molecule has 1 aromatic heterocycles. The maximum Gasteiger partial charge on any atom is 0.461 e. The minimum Gasteiger partial charge on any atom is -0.305 e. The third-order valence-electron chi connectivity index (χ3n) is 2.40. The van der Waals surface area contributed by atoms with Crippen molar-refractivity contribution in [3.8, 4) is 0 Å². The second-order valence-corrected chi connectivity index (χ2v) is 5.03. The van der Waals surface area contributed by atoms with Gasteiger partial charge in [0.2, 0.25) is 0 Å². The van der Waals surface area contributed by atoms with Gasteiger partial charge in [-0.1, -0.05) is 11.6 Å². The first-order valence-corrected chi connectivity index (χ1v) is 6.05. The average Bonchev–Trinajstić information content (AvgIpc) is 2.30. The van der Waals surface area contributed by atoms with Gasteiger partial charge < -0.3 is 4.98 Å². The number of hydrogen-bond acceptors (Lipinski definition) is 2. The molecule has 3 nitrogen and oxygen atoms in total. The number of rotatable bonds is 1. The molecule has 0 saturated carbocycles. The predicted octanol–water partition coefficient (Wildman–Crippen LogP) is 3.99. The van der Waals surface area contributed by atoms with Crippen LogP contribution in [0.4, 0.5) is 22.0 Å². The lowest BCUT2D eigenvalue weighted by molar-refractivity contribution is -0.292. The van der Waals surface area contributed by atoms with Crippen molar-refractivity contribution >= 4 is 38.4 Å². The van der Waals surface area contributed by atoms with Crippen molar-refractivity contribution < 1.29 is 22.0 Å². The molecule has 0 saturated heterocycles. The Morgan fingerprint density at radius 3 is 2.35 bits per heavy atom. The fraction of sp³-hybridized carbons (Fsp3) is 0.200. The number of benzene rings is 1. The lowest BCUT2D eigenvalue weighted by atomic mass is 10.2. The number of hydrogen-bond donors (Lipinski definition) is 1. The van der Waals surface area contributed by atoms with Gasteiger partial charge in [-0.3, -0.25) is 4.79 Å². The molecule has 0 spiro atoms. The first-order valence-electron chi connectivity index (χ1n) is 4.88. The molecule has 0 fully saturated rings. The molecular weight excluding hydrogens is 374 g/mol. The molecule has 0 aliphatic carbocycles. The van der Waals surface area contributed by atoms with Gasteiger partial charge in [-0.25, -0.2) is 4.98 Å². The molecule has 0 atom stereocenters. The Balaban J connectivity index is 2.77. The summed E-state index contributed by atoms with van der Waals surface area (Å²) in [6.45, 7) is 0. The molecule has 108 valence electrons. The van der Waals surface area contributed by atoms with E-state index in [4.69, 9.17) is 11.6 Å². The van der Waals surface area contributed by atoms with E-state index in [1.165, 1.54) is 11.1 Å². The second kappa shape index (κ2) is 4.66. The lowest BCUT2D eigenvalue weighted by Gasteiger charge is -2.18. The van der Waals surface area contributed by atoms with Gasteiger partial charge in [0, 0.05) is 4.47 Å². The lowest BCUT2D eigenvalue weighted by Crippen LogP contribution is -2.37. The van der Waals surface area contributed by atoms with Gasteiger partial charge in [-0.05, 0) is 28.1 Å². The van der Waals surface area contributed by atoms with Crippen LogP contribution in [0.2, 0.25) is 5.02 Å². The van der Waals surface area contributed by atoms with Crippen LogP contribution in [0.1, 0.15) is 5.82 Å². The van der Waals surface area contributed by atoms with Crippen LogP contribution in [-0.2, 0) is 5.92 Å². The highest BCUT2D eigenvalue weighted by molar-refractivity contribution is 9.10. The van der Waals surface area contributed by atoms with Crippen LogP contribution in [0.25, 0.3) is 10.9 Å². The van der Waals surface area contributed by atoms with Crippen LogP contribution in [0.5, 0.6) is 0 Å². The molecule has 20 heavy (non-hydrogen) atoms. The molecule has 0 bridgehead atoms. The van der Waals surface area contributed by atoms with E-state index >= 15 is 0 Å². The van der Waals surface area contributed by atoms with E-state index in [9.17, 15) is 26.7 Å². The monoisotopic (exact) mass is 376 g/mol. The predicted molar refractivity (Wildman–Crippen MR) is 65.0 cm³/mol. The molecule has 0 amide bonds. The zero-order valence-corrected chi connectivity index (χ0v) is 11.5. The van der Waals surface area contributed by atoms with Crippen molar-refractivity contribution in [2.24, 2.45) is 0 Å². The number of fused-ring (bicyclic) bond motifs is 1. The van der Waals surface area contributed by atoms with Gasteiger partial charge in [-0.15, -0.1) is 0 Å². The van der Waals surface area contributed by atoms with Crippen LogP contribution in [0.3, 0.4) is 0 Å². The van der Waals surface area contributed by atoms with Gasteiger partial charge in [0.15, 0.2) is 5.82 Å². The van der Waals surface area contributed by atoms with Crippen molar-refractivity contribution in [2.45, 2.75) is 12.1 Å². The van der Waals surface area contributed by atoms with E-state index < -0.39 is 23.5 Å². The molecule has 2 rings (SSSR count). The van der Waals surface area contributed by atoms with E-state index in [2.05, 4.69) is 20.9 Å². The molecule has 1 aromatic carbocycles. The maximum atomic E-state index is 13.2. The van der Waals surface area contributed by atoms with Gasteiger partial charge in [0.05, 0.1) is 15.9 Å². The summed E-state index contributed by atoms with van der Waals surface area (Å²) >= 11 is 8.69. The molecule has 0 aliphatic rings. The summed E-state index contributed by atoms with van der Waals surface area (Å²) in [4.78, 5) is 16.2. The molecule has 1 N–H and O–H groups in total. The minimum atomic E-state index is -5.87. The average molecular weight is 377 g/mol. The van der Waals surface area contributed by atoms with Gasteiger partial charge in [0.25, 0.3) is 5.56 Å². The Hall–Kier alpha value is -1.22. The third kappa shape index (κ3) is 2.39. The summed E-state index contributed by atoms with van der Waals surface area (Å²) in [5, 5.41) is -0.139. The third-order valence-corrected chi connectivity index (χ3v) is 3.60. The first-order chi connectivity index (χ1) is 9.04. The van der Waals surface area contributed by atoms with Gasteiger partial charge >= 0.3 is 12.1 Å². The maximum absolute atomic E-state index is 13.2. The Kier molecular flexibility index (Phi) is 3.53. The molecule has 0 unspecified atom stereocenters. The number of nitrogens with zero attached hydrogens (tertiary/aromatic N) is 1. The normalized spacial score (nSPS) is 12.9. The van der Waals surface area contributed by atoms with Crippen LogP contribution in [0, 0.1) is 0 Å². The number of H-pyrrole nitrogens is 1. The topological polar surface area (TPSA) is 45.8 Å². The number of aromatic nitrogens is 2. The van der Waals surface area contributed by atoms with E-state index in [1.54, 1.807) is 0 Å². The number of aromatic amines is 1.